The number of amides is 2. The third kappa shape index (κ3) is 6.53. The van der Waals surface area contributed by atoms with Crippen LogP contribution in [0.4, 0.5) is 0 Å². The first-order chi connectivity index (χ1) is 13.0. The molecule has 0 saturated heterocycles. The van der Waals surface area contributed by atoms with E-state index in [-0.39, 0.29) is 18.4 Å². The Hall–Kier alpha value is -2.66. The van der Waals surface area contributed by atoms with Crippen LogP contribution in [0.5, 0.6) is 0 Å². The third-order valence-corrected chi connectivity index (χ3v) is 4.61. The van der Waals surface area contributed by atoms with Crippen molar-refractivity contribution < 1.29 is 9.59 Å². The normalized spacial score (nSPS) is 10.7. The van der Waals surface area contributed by atoms with E-state index in [1.165, 1.54) is 5.56 Å². The van der Waals surface area contributed by atoms with Crippen LogP contribution in [-0.4, -0.2) is 36.3 Å². The summed E-state index contributed by atoms with van der Waals surface area (Å²) in [5.41, 5.74) is 3.78. The van der Waals surface area contributed by atoms with Crippen molar-refractivity contribution in [3.05, 3.63) is 70.8 Å². The van der Waals surface area contributed by atoms with Gasteiger partial charge in [-0.3, -0.25) is 14.5 Å². The molecule has 0 unspecified atom stereocenters. The molecule has 2 aromatic carbocycles. The smallest absolute Gasteiger partial charge is 0.251 e. The largest absolute Gasteiger partial charge is 0.350 e. The van der Waals surface area contributed by atoms with Gasteiger partial charge in [0, 0.05) is 18.7 Å². The van der Waals surface area contributed by atoms with Gasteiger partial charge in [0.05, 0.1) is 6.54 Å². The lowest BCUT2D eigenvalue weighted by Gasteiger charge is -2.18. The molecule has 2 rings (SSSR count). The summed E-state index contributed by atoms with van der Waals surface area (Å²) in [7, 11) is 0. The molecule has 2 amide bonds. The Morgan fingerprint density at radius 1 is 0.889 bits per heavy atom. The van der Waals surface area contributed by atoms with E-state index in [9.17, 15) is 9.59 Å². The van der Waals surface area contributed by atoms with Gasteiger partial charge in [0.25, 0.3) is 5.91 Å². The Morgan fingerprint density at radius 2 is 1.52 bits per heavy atom. The number of aryl methyl sites for hydroxylation is 1. The number of nitrogens with one attached hydrogen (secondary N) is 2. The van der Waals surface area contributed by atoms with Crippen LogP contribution in [-0.2, 0) is 17.9 Å². The summed E-state index contributed by atoms with van der Waals surface area (Å²) in [4.78, 5) is 26.5. The van der Waals surface area contributed by atoms with Crippen molar-refractivity contribution in [3.8, 4) is 0 Å². The second-order valence-corrected chi connectivity index (χ2v) is 6.55. The minimum atomic E-state index is -0.232. The Balaban J connectivity index is 1.77. The summed E-state index contributed by atoms with van der Waals surface area (Å²) in [6.45, 7) is 9.60. The SMILES string of the molecule is CCN(CC)Cc1ccc(CNC(=O)CNC(=O)c2ccccc2C)cc1. The summed E-state index contributed by atoms with van der Waals surface area (Å²) < 4.78 is 0. The Bertz CT molecular complexity index is 752. The van der Waals surface area contributed by atoms with Crippen molar-refractivity contribution in [2.24, 2.45) is 0 Å². The molecule has 0 atom stereocenters. The molecule has 0 fully saturated rings. The van der Waals surface area contributed by atoms with Gasteiger partial charge in [-0.1, -0.05) is 56.3 Å². The molecule has 5 nitrogen and oxygen atoms in total. The fourth-order valence-corrected chi connectivity index (χ4v) is 2.81. The first-order valence-electron chi connectivity index (χ1n) is 9.44. The van der Waals surface area contributed by atoms with Crippen LogP contribution in [0, 0.1) is 6.92 Å². The maximum absolute atomic E-state index is 12.1. The molecular weight excluding hydrogens is 338 g/mol. The molecule has 0 aliphatic heterocycles. The topological polar surface area (TPSA) is 61.4 Å². The molecule has 0 aromatic heterocycles. The minimum absolute atomic E-state index is 0.0345. The van der Waals surface area contributed by atoms with Crippen molar-refractivity contribution >= 4 is 11.8 Å². The Kier molecular flexibility index (Phi) is 8.01. The number of hydrogen-bond donors (Lipinski definition) is 2. The van der Waals surface area contributed by atoms with Crippen molar-refractivity contribution in [2.45, 2.75) is 33.9 Å². The standard InChI is InChI=1S/C22H29N3O2/c1-4-25(5-2)16-19-12-10-18(11-13-19)14-23-21(26)15-24-22(27)20-9-7-6-8-17(20)3/h6-13H,4-5,14-16H2,1-3H3,(H,23,26)(H,24,27). The van der Waals surface area contributed by atoms with E-state index >= 15 is 0 Å². The number of benzene rings is 2. The Labute approximate surface area is 161 Å². The van der Waals surface area contributed by atoms with Crippen molar-refractivity contribution in [1.82, 2.24) is 15.5 Å². The maximum atomic E-state index is 12.1. The monoisotopic (exact) mass is 367 g/mol. The second-order valence-electron chi connectivity index (χ2n) is 6.55. The highest BCUT2D eigenvalue weighted by atomic mass is 16.2. The van der Waals surface area contributed by atoms with Crippen LogP contribution in [0.1, 0.15) is 40.9 Å². The van der Waals surface area contributed by atoms with Gasteiger partial charge in [0.2, 0.25) is 5.91 Å². The zero-order valence-electron chi connectivity index (χ0n) is 16.4. The predicted octanol–water partition coefficient (Wildman–Crippen LogP) is 2.88. The van der Waals surface area contributed by atoms with E-state index in [1.54, 1.807) is 6.07 Å². The van der Waals surface area contributed by atoms with Crippen molar-refractivity contribution in [2.75, 3.05) is 19.6 Å². The fraction of sp³-hybridized carbons (Fsp3) is 0.364. The summed E-state index contributed by atoms with van der Waals surface area (Å²) >= 11 is 0. The summed E-state index contributed by atoms with van der Waals surface area (Å²) in [6, 6.07) is 15.6. The third-order valence-electron chi connectivity index (χ3n) is 4.61. The van der Waals surface area contributed by atoms with E-state index in [0.29, 0.717) is 12.1 Å². The highest BCUT2D eigenvalue weighted by molar-refractivity contribution is 5.97. The molecule has 0 aliphatic carbocycles. The lowest BCUT2D eigenvalue weighted by molar-refractivity contribution is -0.120. The van der Waals surface area contributed by atoms with Crippen molar-refractivity contribution in [3.63, 3.8) is 0 Å². The van der Waals surface area contributed by atoms with Gasteiger partial charge in [0.1, 0.15) is 0 Å². The quantitative estimate of drug-likeness (QED) is 0.716. The molecule has 0 bridgehead atoms. The van der Waals surface area contributed by atoms with Crippen LogP contribution in [0.15, 0.2) is 48.5 Å². The summed E-state index contributed by atoms with van der Waals surface area (Å²) in [6.07, 6.45) is 0. The second kappa shape index (κ2) is 10.5. The first kappa shape index (κ1) is 20.6. The van der Waals surface area contributed by atoms with Crippen LogP contribution in [0.25, 0.3) is 0 Å². The molecule has 2 N–H and O–H groups in total. The molecule has 2 aromatic rings. The molecule has 0 saturated carbocycles. The van der Waals surface area contributed by atoms with Gasteiger partial charge < -0.3 is 10.6 Å². The molecule has 5 heteroatoms. The zero-order valence-corrected chi connectivity index (χ0v) is 16.4. The molecule has 0 aliphatic rings. The van der Waals surface area contributed by atoms with E-state index in [2.05, 4.69) is 41.5 Å². The van der Waals surface area contributed by atoms with E-state index in [1.807, 2.05) is 37.3 Å². The zero-order chi connectivity index (χ0) is 19.6. The minimum Gasteiger partial charge on any atom is -0.350 e. The number of rotatable bonds is 9. The Morgan fingerprint density at radius 3 is 2.15 bits per heavy atom. The molecule has 27 heavy (non-hydrogen) atoms. The average Bonchev–Trinajstić information content (AvgIpc) is 2.69. The molecule has 0 heterocycles. The number of carbonyl (C=O) groups excluding carboxylic acids is 2. The van der Waals surface area contributed by atoms with Crippen LogP contribution < -0.4 is 10.6 Å². The van der Waals surface area contributed by atoms with Crippen LogP contribution in [0.2, 0.25) is 0 Å². The predicted molar refractivity (Wildman–Crippen MR) is 108 cm³/mol. The molecule has 0 spiro atoms. The van der Waals surface area contributed by atoms with Crippen molar-refractivity contribution in [1.29, 1.82) is 0 Å². The van der Waals surface area contributed by atoms with Gasteiger partial charge in [-0.15, -0.1) is 0 Å². The highest BCUT2D eigenvalue weighted by Crippen LogP contribution is 2.08. The van der Waals surface area contributed by atoms with E-state index in [4.69, 9.17) is 0 Å². The molecule has 144 valence electrons. The lowest BCUT2D eigenvalue weighted by Crippen LogP contribution is -2.36. The number of carbonyl (C=O) groups is 2. The van der Waals surface area contributed by atoms with Gasteiger partial charge in [-0.25, -0.2) is 0 Å². The number of hydrogen-bond acceptors (Lipinski definition) is 3. The fourth-order valence-electron chi connectivity index (χ4n) is 2.81. The van der Waals surface area contributed by atoms with E-state index < -0.39 is 0 Å². The van der Waals surface area contributed by atoms with Crippen LogP contribution >= 0.6 is 0 Å². The molecular formula is C22H29N3O2. The first-order valence-corrected chi connectivity index (χ1v) is 9.44. The van der Waals surface area contributed by atoms with Gasteiger partial charge >= 0.3 is 0 Å². The highest BCUT2D eigenvalue weighted by Gasteiger charge is 2.10. The average molecular weight is 367 g/mol. The summed E-state index contributed by atoms with van der Waals surface area (Å²) in [5.74, 6) is -0.437. The summed E-state index contributed by atoms with van der Waals surface area (Å²) in [5, 5.41) is 5.50. The molecule has 0 radical (unpaired) electrons. The lowest BCUT2D eigenvalue weighted by atomic mass is 10.1. The van der Waals surface area contributed by atoms with Gasteiger partial charge in [-0.2, -0.15) is 0 Å². The van der Waals surface area contributed by atoms with E-state index in [0.717, 1.165) is 30.8 Å². The van der Waals surface area contributed by atoms with Gasteiger partial charge in [0.15, 0.2) is 0 Å². The van der Waals surface area contributed by atoms with Gasteiger partial charge in [-0.05, 0) is 42.8 Å². The van der Waals surface area contributed by atoms with Crippen LogP contribution in [0.3, 0.4) is 0 Å². The number of nitrogens with zero attached hydrogens (tertiary/aromatic N) is 1. The maximum Gasteiger partial charge on any atom is 0.251 e.